The van der Waals surface area contributed by atoms with E-state index < -0.39 is 6.09 Å². The number of carbonyl (C=O) groups is 2. The van der Waals surface area contributed by atoms with Crippen LogP contribution in [0.4, 0.5) is 4.79 Å². The monoisotopic (exact) mass is 520 g/mol. The highest BCUT2D eigenvalue weighted by Gasteiger charge is 2.42. The summed E-state index contributed by atoms with van der Waals surface area (Å²) in [5, 5.41) is 23.1. The molecule has 0 radical (unpaired) electrons. The van der Waals surface area contributed by atoms with Gasteiger partial charge in [0.15, 0.2) is 0 Å². The average Bonchev–Trinajstić information content (AvgIpc) is 3.34. The number of amides is 2. The number of piperidine rings is 1. The number of rotatable bonds is 3. The zero-order valence-electron chi connectivity index (χ0n) is 18.0. The SMILES string of the molecule is CC(C)(C)C1C(NC(=O)c2ccc(O)c3[nH]c(-c4ccc(Br)s4)nc23)CCCN1C(=O)O. The van der Waals surface area contributed by atoms with Crippen molar-refractivity contribution in [2.45, 2.75) is 45.7 Å². The molecule has 1 aliphatic heterocycles. The number of phenolic OH excluding ortho intramolecular Hbond substituents is 1. The molecular weight excluding hydrogens is 496 g/mol. The molecule has 2 unspecified atom stereocenters. The van der Waals surface area contributed by atoms with Crippen LogP contribution in [-0.2, 0) is 0 Å². The van der Waals surface area contributed by atoms with E-state index in [4.69, 9.17) is 0 Å². The molecule has 0 saturated carbocycles. The molecule has 2 amide bonds. The highest BCUT2D eigenvalue weighted by atomic mass is 79.9. The molecule has 2 aromatic heterocycles. The number of phenols is 1. The third-order valence-corrected chi connectivity index (χ3v) is 7.39. The van der Waals surface area contributed by atoms with Crippen LogP contribution in [-0.4, -0.2) is 55.7 Å². The summed E-state index contributed by atoms with van der Waals surface area (Å²) in [7, 11) is 0. The molecule has 10 heteroatoms. The summed E-state index contributed by atoms with van der Waals surface area (Å²) in [6.45, 7) is 6.40. The van der Waals surface area contributed by atoms with E-state index in [1.165, 1.54) is 22.3 Å². The van der Waals surface area contributed by atoms with E-state index in [1.54, 1.807) is 6.07 Å². The van der Waals surface area contributed by atoms with Crippen molar-refractivity contribution in [1.82, 2.24) is 20.2 Å². The Morgan fingerprint density at radius 1 is 1.28 bits per heavy atom. The number of hydrogen-bond acceptors (Lipinski definition) is 5. The van der Waals surface area contributed by atoms with Crippen LogP contribution in [0.3, 0.4) is 0 Å². The van der Waals surface area contributed by atoms with Crippen LogP contribution in [0.15, 0.2) is 28.1 Å². The number of likely N-dealkylation sites (tertiary alicyclic amines) is 1. The van der Waals surface area contributed by atoms with E-state index in [9.17, 15) is 19.8 Å². The molecule has 4 N–H and O–H groups in total. The average molecular weight is 521 g/mol. The third kappa shape index (κ3) is 4.21. The fourth-order valence-electron chi connectivity index (χ4n) is 4.50. The van der Waals surface area contributed by atoms with Crippen molar-refractivity contribution in [3.8, 4) is 16.5 Å². The van der Waals surface area contributed by atoms with Crippen LogP contribution in [0.2, 0.25) is 0 Å². The second-order valence-corrected chi connectivity index (χ2v) is 11.5. The van der Waals surface area contributed by atoms with Crippen LogP contribution < -0.4 is 5.32 Å². The quantitative estimate of drug-likeness (QED) is 0.385. The van der Waals surface area contributed by atoms with Gasteiger partial charge in [0, 0.05) is 6.54 Å². The molecule has 8 nitrogen and oxygen atoms in total. The molecule has 3 heterocycles. The lowest BCUT2D eigenvalue weighted by Crippen LogP contribution is -2.61. The molecular formula is C22H25BrN4O4S. The Bertz CT molecular complexity index is 1180. The number of aromatic hydroxyl groups is 1. The van der Waals surface area contributed by atoms with Crippen LogP contribution in [0.5, 0.6) is 5.75 Å². The number of imidazole rings is 1. The standard InChI is InChI=1S/C22H25BrN4O4S/c1-22(2,3)18-12(5-4-10-27(18)21(30)31)24-20(29)11-6-7-13(28)17-16(11)25-19(26-17)14-8-9-15(23)32-14/h6-9,12,18,28H,4-5,10H2,1-3H3,(H,24,29)(H,25,26)(H,30,31). The van der Waals surface area contributed by atoms with Gasteiger partial charge in [-0.15, -0.1) is 11.3 Å². The largest absolute Gasteiger partial charge is 0.506 e. The minimum atomic E-state index is -0.977. The first-order valence-electron chi connectivity index (χ1n) is 10.3. The Balaban J connectivity index is 1.68. The number of aromatic nitrogens is 2. The number of hydrogen-bond donors (Lipinski definition) is 4. The highest BCUT2D eigenvalue weighted by molar-refractivity contribution is 9.11. The van der Waals surface area contributed by atoms with E-state index in [1.807, 2.05) is 32.9 Å². The van der Waals surface area contributed by atoms with Crippen molar-refractivity contribution in [2.75, 3.05) is 6.54 Å². The third-order valence-electron chi connectivity index (χ3n) is 5.75. The molecule has 1 aromatic carbocycles. The number of benzene rings is 1. The van der Waals surface area contributed by atoms with Gasteiger partial charge < -0.3 is 25.4 Å². The Kier molecular flexibility index (Phi) is 5.93. The fraction of sp³-hybridized carbons (Fsp3) is 0.409. The molecule has 3 aromatic rings. The number of fused-ring (bicyclic) bond motifs is 1. The summed E-state index contributed by atoms with van der Waals surface area (Å²) >= 11 is 4.92. The number of nitrogens with zero attached hydrogens (tertiary/aromatic N) is 2. The second kappa shape index (κ2) is 8.40. The molecule has 4 rings (SSSR count). The van der Waals surface area contributed by atoms with Gasteiger partial charge in [-0.1, -0.05) is 20.8 Å². The second-order valence-electron chi connectivity index (χ2n) is 9.05. The molecule has 1 fully saturated rings. The number of carbonyl (C=O) groups excluding carboxylic acids is 1. The summed E-state index contributed by atoms with van der Waals surface area (Å²) in [6.07, 6.45) is 0.387. The van der Waals surface area contributed by atoms with Gasteiger partial charge >= 0.3 is 6.09 Å². The van der Waals surface area contributed by atoms with Gasteiger partial charge in [0.1, 0.15) is 22.6 Å². The van der Waals surface area contributed by atoms with E-state index >= 15 is 0 Å². The van der Waals surface area contributed by atoms with Crippen molar-refractivity contribution in [1.29, 1.82) is 0 Å². The topological polar surface area (TPSA) is 119 Å². The van der Waals surface area contributed by atoms with Crippen molar-refractivity contribution in [3.63, 3.8) is 0 Å². The number of carboxylic acid groups (broad SMARTS) is 1. The summed E-state index contributed by atoms with van der Waals surface area (Å²) in [5.74, 6) is 0.230. The highest BCUT2D eigenvalue weighted by Crippen LogP contribution is 2.35. The van der Waals surface area contributed by atoms with Gasteiger partial charge in [-0.05, 0) is 58.5 Å². The van der Waals surface area contributed by atoms with Gasteiger partial charge in [-0.2, -0.15) is 0 Å². The van der Waals surface area contributed by atoms with Crippen molar-refractivity contribution >= 4 is 50.3 Å². The van der Waals surface area contributed by atoms with Gasteiger partial charge in [0.25, 0.3) is 5.91 Å². The molecule has 1 aliphatic rings. The lowest BCUT2D eigenvalue weighted by atomic mass is 9.77. The van der Waals surface area contributed by atoms with Crippen molar-refractivity contribution in [2.24, 2.45) is 5.41 Å². The molecule has 0 aliphatic carbocycles. The number of aromatic amines is 1. The normalized spacial score (nSPS) is 19.3. The minimum absolute atomic E-state index is 0.00760. The molecule has 32 heavy (non-hydrogen) atoms. The van der Waals surface area contributed by atoms with Gasteiger partial charge in [0.05, 0.1) is 26.3 Å². The predicted molar refractivity (Wildman–Crippen MR) is 127 cm³/mol. The first kappa shape index (κ1) is 22.6. The number of H-pyrrole nitrogens is 1. The number of thiophene rings is 1. The van der Waals surface area contributed by atoms with Gasteiger partial charge in [-0.3, -0.25) is 4.79 Å². The van der Waals surface area contributed by atoms with E-state index in [-0.39, 0.29) is 29.2 Å². The lowest BCUT2D eigenvalue weighted by Gasteiger charge is -2.46. The molecule has 2 atom stereocenters. The Labute approximate surface area is 197 Å². The first-order valence-corrected chi connectivity index (χ1v) is 11.9. The van der Waals surface area contributed by atoms with Crippen molar-refractivity contribution < 1.29 is 19.8 Å². The maximum Gasteiger partial charge on any atom is 0.407 e. The molecule has 1 saturated heterocycles. The summed E-state index contributed by atoms with van der Waals surface area (Å²) in [4.78, 5) is 35.2. The van der Waals surface area contributed by atoms with Crippen LogP contribution in [0.25, 0.3) is 21.7 Å². The lowest BCUT2D eigenvalue weighted by molar-refractivity contribution is 0.0359. The predicted octanol–water partition coefficient (Wildman–Crippen LogP) is 5.05. The smallest absolute Gasteiger partial charge is 0.407 e. The maximum atomic E-state index is 13.3. The first-order chi connectivity index (χ1) is 15.1. The maximum absolute atomic E-state index is 13.3. The zero-order chi connectivity index (χ0) is 23.2. The van der Waals surface area contributed by atoms with Crippen molar-refractivity contribution in [3.05, 3.63) is 33.6 Å². The summed E-state index contributed by atoms with van der Waals surface area (Å²) < 4.78 is 0.948. The molecule has 0 spiro atoms. The Morgan fingerprint density at radius 3 is 2.66 bits per heavy atom. The number of halogens is 1. The molecule has 0 bridgehead atoms. The number of nitrogens with one attached hydrogen (secondary N) is 2. The fourth-order valence-corrected chi connectivity index (χ4v) is 5.83. The summed E-state index contributed by atoms with van der Waals surface area (Å²) in [5.41, 5.74) is 0.740. The van der Waals surface area contributed by atoms with E-state index in [0.29, 0.717) is 41.8 Å². The van der Waals surface area contributed by atoms with Gasteiger partial charge in [0.2, 0.25) is 0 Å². The zero-order valence-corrected chi connectivity index (χ0v) is 20.4. The molecule has 170 valence electrons. The van der Waals surface area contributed by atoms with Crippen LogP contribution in [0, 0.1) is 5.41 Å². The van der Waals surface area contributed by atoms with E-state index in [2.05, 4.69) is 31.2 Å². The Hall–Kier alpha value is -2.59. The van der Waals surface area contributed by atoms with E-state index in [0.717, 1.165) is 8.66 Å². The van der Waals surface area contributed by atoms with Gasteiger partial charge in [-0.25, -0.2) is 9.78 Å². The van der Waals surface area contributed by atoms with Crippen LogP contribution in [0.1, 0.15) is 44.0 Å². The minimum Gasteiger partial charge on any atom is -0.506 e. The van der Waals surface area contributed by atoms with Crippen LogP contribution >= 0.6 is 27.3 Å². The Morgan fingerprint density at radius 2 is 2.03 bits per heavy atom. The summed E-state index contributed by atoms with van der Waals surface area (Å²) in [6, 6.07) is 6.14.